The Morgan fingerprint density at radius 1 is 1.21 bits per heavy atom. The third-order valence-corrected chi connectivity index (χ3v) is 4.22. The fourth-order valence-electron chi connectivity index (χ4n) is 1.98. The van der Waals surface area contributed by atoms with Crippen molar-refractivity contribution < 1.29 is 9.59 Å². The van der Waals surface area contributed by atoms with Gasteiger partial charge < -0.3 is 15.5 Å². The molecule has 0 aliphatic carbocycles. The predicted molar refractivity (Wildman–Crippen MR) is 102 cm³/mol. The standard InChI is InChI=1S/C18H29N3O2S/c1-14(2)8-9-24-13-18(23)19-11-15-6-5-7-16(10-15)20-17(22)12-21(3)4/h5-7,10,14H,8-9,11-13H2,1-4H3,(H,19,23)(H,20,22). The minimum absolute atomic E-state index is 0.0470. The molecular weight excluding hydrogens is 322 g/mol. The van der Waals surface area contributed by atoms with Gasteiger partial charge in [-0.15, -0.1) is 0 Å². The summed E-state index contributed by atoms with van der Waals surface area (Å²) in [7, 11) is 3.70. The smallest absolute Gasteiger partial charge is 0.238 e. The van der Waals surface area contributed by atoms with Gasteiger partial charge in [-0.05, 0) is 49.9 Å². The van der Waals surface area contributed by atoms with Crippen LogP contribution >= 0.6 is 11.8 Å². The van der Waals surface area contributed by atoms with Crippen molar-refractivity contribution in [2.45, 2.75) is 26.8 Å². The Labute approximate surface area is 149 Å². The molecule has 24 heavy (non-hydrogen) atoms. The molecule has 134 valence electrons. The summed E-state index contributed by atoms with van der Waals surface area (Å²) in [5.74, 6) is 2.17. The van der Waals surface area contributed by atoms with Crippen LogP contribution in [-0.4, -0.2) is 48.9 Å². The molecule has 1 rings (SSSR count). The molecule has 0 radical (unpaired) electrons. The molecule has 5 nitrogen and oxygen atoms in total. The Morgan fingerprint density at radius 2 is 1.96 bits per heavy atom. The second kappa shape index (κ2) is 11.1. The number of hydrogen-bond acceptors (Lipinski definition) is 4. The number of amides is 2. The van der Waals surface area contributed by atoms with E-state index in [-0.39, 0.29) is 11.8 Å². The van der Waals surface area contributed by atoms with Crippen LogP contribution in [0.2, 0.25) is 0 Å². The van der Waals surface area contributed by atoms with Gasteiger partial charge in [0.05, 0.1) is 12.3 Å². The van der Waals surface area contributed by atoms with Crippen molar-refractivity contribution in [2.24, 2.45) is 5.92 Å². The van der Waals surface area contributed by atoms with E-state index in [9.17, 15) is 9.59 Å². The minimum atomic E-state index is -0.0530. The highest BCUT2D eigenvalue weighted by molar-refractivity contribution is 7.99. The fourth-order valence-corrected chi connectivity index (χ4v) is 3.05. The highest BCUT2D eigenvalue weighted by Gasteiger charge is 2.06. The van der Waals surface area contributed by atoms with Crippen molar-refractivity contribution in [3.63, 3.8) is 0 Å². The molecule has 0 saturated carbocycles. The van der Waals surface area contributed by atoms with Gasteiger partial charge in [-0.25, -0.2) is 0 Å². The van der Waals surface area contributed by atoms with Crippen molar-refractivity contribution in [2.75, 3.05) is 37.5 Å². The van der Waals surface area contributed by atoms with Crippen molar-refractivity contribution in [1.29, 1.82) is 0 Å². The van der Waals surface area contributed by atoms with Crippen LogP contribution in [0.4, 0.5) is 5.69 Å². The predicted octanol–water partition coefficient (Wildman–Crippen LogP) is 2.58. The average Bonchev–Trinajstić information content (AvgIpc) is 2.49. The van der Waals surface area contributed by atoms with E-state index in [0.29, 0.717) is 24.8 Å². The Morgan fingerprint density at radius 3 is 2.62 bits per heavy atom. The molecule has 1 aromatic rings. The second-order valence-corrected chi connectivity index (χ2v) is 7.60. The second-order valence-electron chi connectivity index (χ2n) is 6.50. The molecule has 0 aromatic heterocycles. The van der Waals surface area contributed by atoms with Crippen LogP contribution in [-0.2, 0) is 16.1 Å². The maximum absolute atomic E-state index is 11.8. The zero-order valence-corrected chi connectivity index (χ0v) is 15.9. The summed E-state index contributed by atoms with van der Waals surface area (Å²) < 4.78 is 0. The molecule has 2 amide bonds. The van der Waals surface area contributed by atoms with Crippen LogP contribution in [0.25, 0.3) is 0 Å². The first-order valence-corrected chi connectivity index (χ1v) is 9.40. The van der Waals surface area contributed by atoms with Crippen LogP contribution in [0.3, 0.4) is 0 Å². The summed E-state index contributed by atoms with van der Waals surface area (Å²) in [6.45, 7) is 5.19. The third-order valence-electron chi connectivity index (χ3n) is 3.23. The lowest BCUT2D eigenvalue weighted by Crippen LogP contribution is -2.27. The number of thioether (sulfide) groups is 1. The number of benzene rings is 1. The summed E-state index contributed by atoms with van der Waals surface area (Å²) in [6, 6.07) is 7.55. The van der Waals surface area contributed by atoms with E-state index < -0.39 is 0 Å². The quantitative estimate of drug-likeness (QED) is 0.636. The normalized spacial score (nSPS) is 10.9. The molecule has 0 heterocycles. The van der Waals surface area contributed by atoms with E-state index in [1.165, 1.54) is 0 Å². The van der Waals surface area contributed by atoms with Gasteiger partial charge in [-0.1, -0.05) is 26.0 Å². The van der Waals surface area contributed by atoms with Gasteiger partial charge in [0.15, 0.2) is 0 Å². The van der Waals surface area contributed by atoms with Gasteiger partial charge >= 0.3 is 0 Å². The molecule has 0 saturated heterocycles. The van der Waals surface area contributed by atoms with Gasteiger partial charge in [0, 0.05) is 12.2 Å². The topological polar surface area (TPSA) is 61.4 Å². The summed E-state index contributed by atoms with van der Waals surface area (Å²) >= 11 is 1.67. The monoisotopic (exact) mass is 351 g/mol. The third kappa shape index (κ3) is 9.57. The number of hydrogen-bond donors (Lipinski definition) is 2. The van der Waals surface area contributed by atoms with E-state index in [1.54, 1.807) is 11.8 Å². The molecular formula is C18H29N3O2S. The lowest BCUT2D eigenvalue weighted by molar-refractivity contribution is -0.119. The van der Waals surface area contributed by atoms with E-state index in [4.69, 9.17) is 0 Å². The van der Waals surface area contributed by atoms with Crippen molar-refractivity contribution >= 4 is 29.3 Å². The molecule has 0 atom stereocenters. The molecule has 0 unspecified atom stereocenters. The zero-order chi connectivity index (χ0) is 17.9. The fraction of sp³-hybridized carbons (Fsp3) is 0.556. The average molecular weight is 352 g/mol. The summed E-state index contributed by atoms with van der Waals surface area (Å²) in [5.41, 5.74) is 1.72. The number of carbonyl (C=O) groups excluding carboxylic acids is 2. The molecule has 0 fully saturated rings. The largest absolute Gasteiger partial charge is 0.351 e. The number of likely N-dealkylation sites (N-methyl/N-ethyl adjacent to an activating group) is 1. The Hall–Kier alpha value is -1.53. The van der Waals surface area contributed by atoms with Crippen LogP contribution in [0.1, 0.15) is 25.8 Å². The van der Waals surface area contributed by atoms with Gasteiger partial charge in [0.2, 0.25) is 11.8 Å². The summed E-state index contributed by atoms with van der Waals surface area (Å²) in [6.07, 6.45) is 1.13. The molecule has 2 N–H and O–H groups in total. The first-order chi connectivity index (χ1) is 11.4. The lowest BCUT2D eigenvalue weighted by atomic mass is 10.2. The van der Waals surface area contributed by atoms with E-state index in [0.717, 1.165) is 23.4 Å². The van der Waals surface area contributed by atoms with Crippen LogP contribution in [0.5, 0.6) is 0 Å². The summed E-state index contributed by atoms with van der Waals surface area (Å²) in [5, 5.41) is 5.78. The number of rotatable bonds is 10. The van der Waals surface area contributed by atoms with Gasteiger partial charge in [-0.3, -0.25) is 9.59 Å². The van der Waals surface area contributed by atoms with Crippen LogP contribution in [0, 0.1) is 5.92 Å². The van der Waals surface area contributed by atoms with Crippen LogP contribution < -0.4 is 10.6 Å². The minimum Gasteiger partial charge on any atom is -0.351 e. The Balaban J connectivity index is 2.36. The maximum Gasteiger partial charge on any atom is 0.238 e. The number of nitrogens with one attached hydrogen (secondary N) is 2. The number of carbonyl (C=O) groups is 2. The van der Waals surface area contributed by atoms with Gasteiger partial charge in [0.1, 0.15) is 0 Å². The molecule has 0 spiro atoms. The Kier molecular flexibility index (Phi) is 9.49. The van der Waals surface area contributed by atoms with Gasteiger partial charge in [-0.2, -0.15) is 11.8 Å². The van der Waals surface area contributed by atoms with Crippen LogP contribution in [0.15, 0.2) is 24.3 Å². The highest BCUT2D eigenvalue weighted by atomic mass is 32.2. The van der Waals surface area contributed by atoms with Crippen molar-refractivity contribution in [3.05, 3.63) is 29.8 Å². The molecule has 0 aliphatic heterocycles. The van der Waals surface area contributed by atoms with E-state index in [2.05, 4.69) is 24.5 Å². The number of nitrogens with zero attached hydrogens (tertiary/aromatic N) is 1. The molecule has 6 heteroatoms. The van der Waals surface area contributed by atoms with Crippen molar-refractivity contribution in [1.82, 2.24) is 10.2 Å². The zero-order valence-electron chi connectivity index (χ0n) is 15.1. The summed E-state index contributed by atoms with van der Waals surface area (Å²) in [4.78, 5) is 25.4. The van der Waals surface area contributed by atoms with Crippen molar-refractivity contribution in [3.8, 4) is 0 Å². The SMILES string of the molecule is CC(C)CCSCC(=O)NCc1cccc(NC(=O)CN(C)C)c1. The lowest BCUT2D eigenvalue weighted by Gasteiger charge is -2.11. The van der Waals surface area contributed by atoms with E-state index in [1.807, 2.05) is 43.3 Å². The number of anilines is 1. The highest BCUT2D eigenvalue weighted by Crippen LogP contribution is 2.11. The molecule has 0 bridgehead atoms. The Bertz CT molecular complexity index is 533. The molecule has 1 aromatic carbocycles. The first kappa shape index (κ1) is 20.5. The molecule has 0 aliphatic rings. The van der Waals surface area contributed by atoms with Gasteiger partial charge in [0.25, 0.3) is 0 Å². The maximum atomic E-state index is 11.8. The van der Waals surface area contributed by atoms with E-state index >= 15 is 0 Å². The first-order valence-electron chi connectivity index (χ1n) is 8.24.